The van der Waals surface area contributed by atoms with Crippen molar-refractivity contribution in [3.63, 3.8) is 0 Å². The lowest BCUT2D eigenvalue weighted by Crippen LogP contribution is -2.01. The van der Waals surface area contributed by atoms with E-state index in [1.165, 1.54) is 5.57 Å². The molecule has 0 aliphatic carbocycles. The van der Waals surface area contributed by atoms with Gasteiger partial charge in [0.15, 0.2) is 0 Å². The van der Waals surface area contributed by atoms with Crippen LogP contribution in [0.15, 0.2) is 28.4 Å². The fraction of sp³-hybridized carbons (Fsp3) is 0.300. The average molecular weight is 276 g/mol. The van der Waals surface area contributed by atoms with Crippen molar-refractivity contribution in [3.8, 4) is 0 Å². The second-order valence-corrected chi connectivity index (χ2v) is 4.44. The van der Waals surface area contributed by atoms with E-state index in [1.54, 1.807) is 6.20 Å². The monoisotopic (exact) mass is 274 g/mol. The molecular weight excluding hydrogens is 263 g/mol. The Kier molecular flexibility index (Phi) is 4.42. The van der Waals surface area contributed by atoms with Crippen LogP contribution in [-0.4, -0.2) is 11.5 Å². The van der Waals surface area contributed by atoms with Crippen LogP contribution < -0.4 is 5.32 Å². The highest BCUT2D eigenvalue weighted by atomic mass is 79.9. The lowest BCUT2D eigenvalue weighted by Gasteiger charge is -2.05. The minimum atomic E-state index is 0.629. The second kappa shape index (κ2) is 5.37. The summed E-state index contributed by atoms with van der Waals surface area (Å²) in [5.41, 5.74) is 1.28. The third kappa shape index (κ3) is 3.68. The summed E-state index contributed by atoms with van der Waals surface area (Å²) >= 11 is 9.15. The van der Waals surface area contributed by atoms with Crippen molar-refractivity contribution < 1.29 is 0 Å². The smallest absolute Gasteiger partial charge is 0.140 e. The number of hydrogen-bond donors (Lipinski definition) is 1. The number of halogens is 2. The molecule has 0 aromatic carbocycles. The third-order valence-corrected chi connectivity index (χ3v) is 2.40. The molecule has 0 spiro atoms. The summed E-state index contributed by atoms with van der Waals surface area (Å²) in [5, 5.41) is 3.81. The first-order chi connectivity index (χ1) is 6.59. The predicted octanol–water partition coefficient (Wildman–Crippen LogP) is 3.88. The first-order valence-corrected chi connectivity index (χ1v) is 5.45. The molecule has 1 rings (SSSR count). The molecule has 0 saturated heterocycles. The quantitative estimate of drug-likeness (QED) is 0.847. The molecule has 14 heavy (non-hydrogen) atoms. The van der Waals surface area contributed by atoms with E-state index >= 15 is 0 Å². The van der Waals surface area contributed by atoms with Gasteiger partial charge in [-0.1, -0.05) is 23.3 Å². The van der Waals surface area contributed by atoms with Gasteiger partial charge in [-0.05, 0) is 35.8 Å². The van der Waals surface area contributed by atoms with Gasteiger partial charge in [0.1, 0.15) is 5.82 Å². The molecular formula is C10H12BrClN2. The molecule has 0 radical (unpaired) electrons. The van der Waals surface area contributed by atoms with Crippen molar-refractivity contribution in [3.05, 3.63) is 33.4 Å². The summed E-state index contributed by atoms with van der Waals surface area (Å²) in [4.78, 5) is 4.16. The van der Waals surface area contributed by atoms with Crippen LogP contribution in [-0.2, 0) is 0 Å². The maximum Gasteiger partial charge on any atom is 0.140 e. The Morgan fingerprint density at radius 3 is 2.93 bits per heavy atom. The molecule has 0 fully saturated rings. The fourth-order valence-corrected chi connectivity index (χ4v) is 1.68. The Morgan fingerprint density at radius 1 is 1.64 bits per heavy atom. The highest BCUT2D eigenvalue weighted by Gasteiger charge is 1.99. The van der Waals surface area contributed by atoms with Crippen LogP contribution in [0.2, 0.25) is 5.02 Å². The van der Waals surface area contributed by atoms with Crippen LogP contribution >= 0.6 is 27.5 Å². The highest BCUT2D eigenvalue weighted by molar-refractivity contribution is 9.10. The summed E-state index contributed by atoms with van der Waals surface area (Å²) in [6.07, 6.45) is 3.72. The molecule has 4 heteroatoms. The van der Waals surface area contributed by atoms with Crippen LogP contribution in [0.25, 0.3) is 0 Å². The molecule has 2 nitrogen and oxygen atoms in total. The predicted molar refractivity (Wildman–Crippen MR) is 64.9 cm³/mol. The standard InChI is InChI=1S/C10H12BrClN2/c1-7(2)3-4-13-10-9(11)5-8(12)6-14-10/h3,5-6H,4H2,1-2H3,(H,13,14). The van der Waals surface area contributed by atoms with Crippen LogP contribution in [0.3, 0.4) is 0 Å². The first-order valence-electron chi connectivity index (χ1n) is 4.28. The molecule has 0 amide bonds. The zero-order chi connectivity index (χ0) is 10.6. The van der Waals surface area contributed by atoms with Crippen molar-refractivity contribution in [1.29, 1.82) is 0 Å². The zero-order valence-corrected chi connectivity index (χ0v) is 10.5. The van der Waals surface area contributed by atoms with E-state index in [9.17, 15) is 0 Å². The topological polar surface area (TPSA) is 24.9 Å². The van der Waals surface area contributed by atoms with Gasteiger partial charge in [0.2, 0.25) is 0 Å². The van der Waals surface area contributed by atoms with Gasteiger partial charge in [-0.25, -0.2) is 4.98 Å². The maximum absolute atomic E-state index is 5.77. The number of allylic oxidation sites excluding steroid dienone is 1. The number of pyridine rings is 1. The maximum atomic E-state index is 5.77. The molecule has 1 aromatic heterocycles. The normalized spacial score (nSPS) is 9.71. The van der Waals surface area contributed by atoms with Crippen LogP contribution in [0.1, 0.15) is 13.8 Å². The molecule has 0 unspecified atom stereocenters. The minimum Gasteiger partial charge on any atom is -0.366 e. The largest absolute Gasteiger partial charge is 0.366 e. The molecule has 76 valence electrons. The van der Waals surface area contributed by atoms with E-state index in [0.29, 0.717) is 5.02 Å². The Morgan fingerprint density at radius 2 is 2.36 bits per heavy atom. The summed E-state index contributed by atoms with van der Waals surface area (Å²) in [6, 6.07) is 1.82. The van der Waals surface area contributed by atoms with E-state index in [2.05, 4.69) is 46.2 Å². The molecule has 0 aliphatic rings. The van der Waals surface area contributed by atoms with Crippen molar-refractivity contribution >= 4 is 33.3 Å². The Bertz CT molecular complexity index is 346. The first kappa shape index (κ1) is 11.5. The number of anilines is 1. The summed E-state index contributed by atoms with van der Waals surface area (Å²) in [6.45, 7) is 4.90. The van der Waals surface area contributed by atoms with Crippen molar-refractivity contribution in [2.75, 3.05) is 11.9 Å². The fourth-order valence-electron chi connectivity index (χ4n) is 0.896. The lowest BCUT2D eigenvalue weighted by atomic mass is 10.3. The van der Waals surface area contributed by atoms with Gasteiger partial charge >= 0.3 is 0 Å². The van der Waals surface area contributed by atoms with E-state index < -0.39 is 0 Å². The van der Waals surface area contributed by atoms with Crippen molar-refractivity contribution in [2.45, 2.75) is 13.8 Å². The summed E-state index contributed by atoms with van der Waals surface area (Å²) < 4.78 is 0.882. The second-order valence-electron chi connectivity index (χ2n) is 3.15. The zero-order valence-electron chi connectivity index (χ0n) is 8.14. The summed E-state index contributed by atoms with van der Waals surface area (Å²) in [7, 11) is 0. The van der Waals surface area contributed by atoms with Gasteiger partial charge in [0, 0.05) is 12.7 Å². The molecule has 1 N–H and O–H groups in total. The highest BCUT2D eigenvalue weighted by Crippen LogP contribution is 2.22. The third-order valence-electron chi connectivity index (χ3n) is 1.59. The number of nitrogens with zero attached hydrogens (tertiary/aromatic N) is 1. The van der Waals surface area contributed by atoms with Crippen LogP contribution in [0.4, 0.5) is 5.82 Å². The number of hydrogen-bond acceptors (Lipinski definition) is 2. The Balaban J connectivity index is 2.64. The number of nitrogens with one attached hydrogen (secondary N) is 1. The lowest BCUT2D eigenvalue weighted by molar-refractivity contribution is 1.19. The van der Waals surface area contributed by atoms with E-state index in [4.69, 9.17) is 11.6 Å². The van der Waals surface area contributed by atoms with Gasteiger partial charge in [0.25, 0.3) is 0 Å². The molecule has 0 bridgehead atoms. The van der Waals surface area contributed by atoms with Gasteiger partial charge in [0.05, 0.1) is 9.50 Å². The Hall–Kier alpha value is -0.540. The summed E-state index contributed by atoms with van der Waals surface area (Å²) in [5.74, 6) is 0.812. The molecule has 0 aliphatic heterocycles. The van der Waals surface area contributed by atoms with Gasteiger partial charge in [-0.2, -0.15) is 0 Å². The van der Waals surface area contributed by atoms with Gasteiger partial charge in [-0.15, -0.1) is 0 Å². The van der Waals surface area contributed by atoms with Crippen LogP contribution in [0.5, 0.6) is 0 Å². The molecule has 1 aromatic rings. The van der Waals surface area contributed by atoms with Crippen LogP contribution in [0, 0.1) is 0 Å². The minimum absolute atomic E-state index is 0.629. The number of rotatable bonds is 3. The van der Waals surface area contributed by atoms with Crippen molar-refractivity contribution in [2.24, 2.45) is 0 Å². The van der Waals surface area contributed by atoms with Gasteiger partial charge in [-0.3, -0.25) is 0 Å². The van der Waals surface area contributed by atoms with E-state index in [1.807, 2.05) is 6.07 Å². The van der Waals surface area contributed by atoms with E-state index in [0.717, 1.165) is 16.8 Å². The molecule has 0 atom stereocenters. The SMILES string of the molecule is CC(C)=CCNc1ncc(Cl)cc1Br. The van der Waals surface area contributed by atoms with Crippen molar-refractivity contribution in [1.82, 2.24) is 4.98 Å². The Labute approximate surface area is 97.5 Å². The molecule has 0 saturated carbocycles. The van der Waals surface area contributed by atoms with E-state index in [-0.39, 0.29) is 0 Å². The molecule has 1 heterocycles. The number of aromatic nitrogens is 1. The van der Waals surface area contributed by atoms with Gasteiger partial charge < -0.3 is 5.32 Å². The average Bonchev–Trinajstić information content (AvgIpc) is 2.08.